The molecule has 0 bridgehead atoms. The minimum absolute atomic E-state index is 0. The molecule has 3 rings (SSSR count). The van der Waals surface area contributed by atoms with Gasteiger partial charge in [-0.05, 0) is 17.7 Å². The van der Waals surface area contributed by atoms with Crippen molar-refractivity contribution in [2.75, 3.05) is 39.8 Å². The molecule has 0 spiro atoms. The van der Waals surface area contributed by atoms with Crippen LogP contribution in [0.4, 0.5) is 0 Å². The van der Waals surface area contributed by atoms with E-state index in [1.165, 1.54) is 5.56 Å². The molecule has 2 heterocycles. The van der Waals surface area contributed by atoms with Gasteiger partial charge in [-0.1, -0.05) is 42.7 Å². The van der Waals surface area contributed by atoms with Crippen LogP contribution in [0, 0.1) is 0 Å². The first kappa shape index (κ1) is 23.9. The molecule has 0 atom stereocenters. The minimum atomic E-state index is 0. The van der Waals surface area contributed by atoms with Crippen molar-refractivity contribution in [2.45, 2.75) is 32.7 Å². The van der Waals surface area contributed by atoms with E-state index in [-0.39, 0.29) is 29.9 Å². The summed E-state index contributed by atoms with van der Waals surface area (Å²) in [6.07, 6.45) is 0.688. The van der Waals surface area contributed by atoms with Crippen LogP contribution in [0.25, 0.3) is 0 Å². The Hall–Kier alpha value is -1.39. The van der Waals surface area contributed by atoms with Gasteiger partial charge in [0.05, 0.1) is 0 Å². The minimum Gasteiger partial charge on any atom is -0.356 e. The fourth-order valence-corrected chi connectivity index (χ4v) is 3.44. The third-order valence-electron chi connectivity index (χ3n) is 4.80. The van der Waals surface area contributed by atoms with Crippen LogP contribution in [-0.2, 0) is 13.0 Å². The first-order chi connectivity index (χ1) is 13.5. The topological polar surface area (TPSA) is 69.8 Å². The number of aliphatic imine (C=N–C) groups is 1. The third-order valence-corrected chi connectivity index (χ3v) is 5.04. The number of halogens is 2. The number of nitrogens with one attached hydrogen (secondary N) is 1. The van der Waals surface area contributed by atoms with Crippen molar-refractivity contribution >= 4 is 41.5 Å². The Morgan fingerprint density at radius 1 is 1.28 bits per heavy atom. The molecule has 1 aromatic heterocycles. The molecular weight excluding hydrogens is 503 g/mol. The maximum atomic E-state index is 6.09. The van der Waals surface area contributed by atoms with Crippen molar-refractivity contribution in [3.63, 3.8) is 0 Å². The lowest BCUT2D eigenvalue weighted by Gasteiger charge is -2.36. The Morgan fingerprint density at radius 3 is 2.66 bits per heavy atom. The molecule has 2 aromatic rings. The van der Waals surface area contributed by atoms with Gasteiger partial charge in [0.25, 0.3) is 0 Å². The van der Waals surface area contributed by atoms with Gasteiger partial charge >= 0.3 is 0 Å². The second-order valence-electron chi connectivity index (χ2n) is 7.32. The molecule has 0 aliphatic carbocycles. The fourth-order valence-electron chi connectivity index (χ4n) is 3.23. The van der Waals surface area contributed by atoms with Gasteiger partial charge in [-0.3, -0.25) is 9.89 Å². The summed E-state index contributed by atoms with van der Waals surface area (Å²) in [4.78, 5) is 13.6. The molecule has 1 aliphatic heterocycles. The standard InChI is InChI=1S/C20H29ClN6O.HI/c1-15(2)19-24-18(28-25-19)7-8-23-20(22-3)27-11-9-26(10-12-27)14-16-5-4-6-17(21)13-16;/h4-6,13,15H,7-12,14H2,1-3H3,(H,22,23);1H. The van der Waals surface area contributed by atoms with Crippen molar-refractivity contribution in [3.05, 3.63) is 46.6 Å². The van der Waals surface area contributed by atoms with E-state index in [9.17, 15) is 0 Å². The molecule has 1 aliphatic rings. The zero-order chi connectivity index (χ0) is 19.9. The van der Waals surface area contributed by atoms with E-state index in [0.717, 1.165) is 56.1 Å². The highest BCUT2D eigenvalue weighted by Gasteiger charge is 2.20. The average molecular weight is 533 g/mol. The van der Waals surface area contributed by atoms with Crippen LogP contribution in [0.5, 0.6) is 0 Å². The van der Waals surface area contributed by atoms with Gasteiger partial charge in [0.2, 0.25) is 5.89 Å². The summed E-state index contributed by atoms with van der Waals surface area (Å²) in [6.45, 7) is 9.63. The van der Waals surface area contributed by atoms with Gasteiger partial charge in [0.15, 0.2) is 11.8 Å². The average Bonchev–Trinajstić information content (AvgIpc) is 3.15. The molecule has 1 aromatic carbocycles. The Kier molecular flexibility index (Phi) is 9.64. The molecule has 29 heavy (non-hydrogen) atoms. The lowest BCUT2D eigenvalue weighted by atomic mass is 10.2. The molecule has 1 saturated heterocycles. The predicted octanol–water partition coefficient (Wildman–Crippen LogP) is 3.40. The summed E-state index contributed by atoms with van der Waals surface area (Å²) < 4.78 is 5.30. The smallest absolute Gasteiger partial charge is 0.228 e. The van der Waals surface area contributed by atoms with Crippen LogP contribution in [0.3, 0.4) is 0 Å². The van der Waals surface area contributed by atoms with Crippen molar-refractivity contribution in [1.29, 1.82) is 0 Å². The molecule has 9 heteroatoms. The Bertz CT molecular complexity index is 789. The first-order valence-corrected chi connectivity index (χ1v) is 10.2. The van der Waals surface area contributed by atoms with Gasteiger partial charge in [-0.15, -0.1) is 24.0 Å². The monoisotopic (exact) mass is 532 g/mol. The third kappa shape index (κ3) is 7.11. The Balaban J connectivity index is 0.00000300. The van der Waals surface area contributed by atoms with Crippen molar-refractivity contribution < 1.29 is 4.52 Å². The van der Waals surface area contributed by atoms with Gasteiger partial charge in [-0.2, -0.15) is 4.98 Å². The maximum absolute atomic E-state index is 6.09. The highest BCUT2D eigenvalue weighted by atomic mass is 127. The van der Waals surface area contributed by atoms with Crippen molar-refractivity contribution in [2.24, 2.45) is 4.99 Å². The van der Waals surface area contributed by atoms with Crippen LogP contribution in [0.2, 0.25) is 5.02 Å². The van der Waals surface area contributed by atoms with E-state index in [0.29, 0.717) is 12.3 Å². The summed E-state index contributed by atoms with van der Waals surface area (Å²) in [5, 5.41) is 8.21. The molecule has 0 unspecified atom stereocenters. The normalized spacial score (nSPS) is 15.5. The number of nitrogens with zero attached hydrogens (tertiary/aromatic N) is 5. The van der Waals surface area contributed by atoms with Crippen LogP contribution in [0.15, 0.2) is 33.8 Å². The second-order valence-corrected chi connectivity index (χ2v) is 7.75. The largest absolute Gasteiger partial charge is 0.356 e. The summed E-state index contributed by atoms with van der Waals surface area (Å²) in [5.41, 5.74) is 1.25. The Labute approximate surface area is 194 Å². The van der Waals surface area contributed by atoms with Gasteiger partial charge in [0.1, 0.15) is 0 Å². The molecule has 0 radical (unpaired) electrons. The maximum Gasteiger partial charge on any atom is 0.228 e. The summed E-state index contributed by atoms with van der Waals surface area (Å²) in [5.74, 6) is 2.63. The van der Waals surface area contributed by atoms with E-state index < -0.39 is 0 Å². The number of piperazine rings is 1. The van der Waals surface area contributed by atoms with Crippen LogP contribution in [-0.4, -0.2) is 65.7 Å². The number of aromatic nitrogens is 2. The second kappa shape index (κ2) is 11.7. The molecule has 0 saturated carbocycles. The first-order valence-electron chi connectivity index (χ1n) is 9.80. The number of rotatable bonds is 6. The predicted molar refractivity (Wildman–Crippen MR) is 127 cm³/mol. The van der Waals surface area contributed by atoms with Crippen molar-refractivity contribution in [3.8, 4) is 0 Å². The lowest BCUT2D eigenvalue weighted by molar-refractivity contribution is 0.172. The zero-order valence-corrected chi connectivity index (χ0v) is 20.4. The van der Waals surface area contributed by atoms with E-state index in [4.69, 9.17) is 16.1 Å². The van der Waals surface area contributed by atoms with Crippen LogP contribution >= 0.6 is 35.6 Å². The van der Waals surface area contributed by atoms with Gasteiger partial charge in [-0.25, -0.2) is 0 Å². The zero-order valence-electron chi connectivity index (χ0n) is 17.3. The molecule has 1 fully saturated rings. The van der Waals surface area contributed by atoms with Crippen LogP contribution in [0.1, 0.15) is 37.0 Å². The van der Waals surface area contributed by atoms with E-state index >= 15 is 0 Å². The highest BCUT2D eigenvalue weighted by Crippen LogP contribution is 2.14. The molecule has 0 amide bonds. The number of benzene rings is 1. The number of hydrogen-bond donors (Lipinski definition) is 1. The van der Waals surface area contributed by atoms with E-state index in [1.54, 1.807) is 0 Å². The quantitative estimate of drug-likeness (QED) is 0.349. The van der Waals surface area contributed by atoms with E-state index in [1.807, 2.05) is 25.2 Å². The number of hydrogen-bond acceptors (Lipinski definition) is 5. The molecular formula is C20H30ClIN6O. The number of guanidine groups is 1. The summed E-state index contributed by atoms with van der Waals surface area (Å²) in [7, 11) is 1.82. The fraction of sp³-hybridized carbons (Fsp3) is 0.550. The van der Waals surface area contributed by atoms with Crippen molar-refractivity contribution in [1.82, 2.24) is 25.3 Å². The highest BCUT2D eigenvalue weighted by molar-refractivity contribution is 14.0. The molecule has 1 N–H and O–H groups in total. The SMILES string of the molecule is CN=C(NCCc1nc(C(C)C)no1)N1CCN(Cc2cccc(Cl)c2)CC1.I. The van der Waals surface area contributed by atoms with Gasteiger partial charge < -0.3 is 14.7 Å². The molecule has 7 nitrogen and oxygen atoms in total. The van der Waals surface area contributed by atoms with Crippen LogP contribution < -0.4 is 5.32 Å². The van der Waals surface area contributed by atoms with Gasteiger partial charge in [0, 0.05) is 63.7 Å². The summed E-state index contributed by atoms with van der Waals surface area (Å²) >= 11 is 6.09. The van der Waals surface area contributed by atoms with E-state index in [2.05, 4.69) is 50.2 Å². The Morgan fingerprint density at radius 2 is 2.03 bits per heavy atom. The molecule has 160 valence electrons. The lowest BCUT2D eigenvalue weighted by Crippen LogP contribution is -2.52. The summed E-state index contributed by atoms with van der Waals surface area (Å²) in [6, 6.07) is 8.08.